The monoisotopic (exact) mass is 496 g/mol. The van der Waals surface area contributed by atoms with Crippen LogP contribution in [0.2, 0.25) is 0 Å². The topological polar surface area (TPSA) is 43.0 Å². The summed E-state index contributed by atoms with van der Waals surface area (Å²) in [6.07, 6.45) is 0. The van der Waals surface area contributed by atoms with Gasteiger partial charge in [0, 0.05) is 30.7 Å². The van der Waals surface area contributed by atoms with Gasteiger partial charge in [-0.1, -0.05) is 64.5 Å². The van der Waals surface area contributed by atoms with E-state index in [0.717, 1.165) is 41.8 Å². The Morgan fingerprint density at radius 1 is 0.906 bits per heavy atom. The third-order valence-electron chi connectivity index (χ3n) is 5.74. The normalized spacial score (nSPS) is 15.2. The van der Waals surface area contributed by atoms with Crippen LogP contribution in [-0.4, -0.2) is 45.3 Å². The maximum absolute atomic E-state index is 6.16. The number of piperazine rings is 1. The van der Waals surface area contributed by atoms with E-state index in [9.17, 15) is 0 Å². The number of hydrogen-bond acceptors (Lipinski definition) is 5. The fraction of sp³-hybridized carbons (Fsp3) is 0.308. The lowest BCUT2D eigenvalue weighted by atomic mass is 9.95. The summed E-state index contributed by atoms with van der Waals surface area (Å²) in [6, 6.07) is 22.7. The molecule has 1 fully saturated rings. The highest BCUT2D eigenvalue weighted by molar-refractivity contribution is 9.10. The molecule has 3 aromatic carbocycles. The van der Waals surface area contributed by atoms with E-state index >= 15 is 0 Å². The van der Waals surface area contributed by atoms with Crippen LogP contribution in [0.5, 0.6) is 17.2 Å². The summed E-state index contributed by atoms with van der Waals surface area (Å²) < 4.78 is 18.8. The number of hydrogen-bond donors (Lipinski definition) is 1. The molecule has 1 atom stereocenters. The van der Waals surface area contributed by atoms with Gasteiger partial charge in [-0.15, -0.1) is 0 Å². The first-order valence-corrected chi connectivity index (χ1v) is 11.6. The molecule has 5 nitrogen and oxygen atoms in total. The smallest absolute Gasteiger partial charge is 0.203 e. The van der Waals surface area contributed by atoms with Crippen LogP contribution in [0.3, 0.4) is 0 Å². The first-order valence-electron chi connectivity index (χ1n) is 10.8. The van der Waals surface area contributed by atoms with Crippen molar-refractivity contribution in [2.24, 2.45) is 0 Å². The van der Waals surface area contributed by atoms with Gasteiger partial charge in [0.15, 0.2) is 11.5 Å². The van der Waals surface area contributed by atoms with Gasteiger partial charge in [0.25, 0.3) is 0 Å². The highest BCUT2D eigenvalue weighted by atomic mass is 79.9. The molecule has 1 N–H and O–H groups in total. The van der Waals surface area contributed by atoms with E-state index < -0.39 is 0 Å². The molecule has 0 spiro atoms. The Balaban J connectivity index is 1.73. The molecule has 1 saturated heterocycles. The van der Waals surface area contributed by atoms with Crippen molar-refractivity contribution in [2.45, 2.75) is 12.6 Å². The lowest BCUT2D eigenvalue weighted by molar-refractivity contribution is 0.197. The zero-order valence-electron chi connectivity index (χ0n) is 18.5. The molecule has 0 saturated carbocycles. The molecular formula is C26H29BrN2O3. The zero-order valence-corrected chi connectivity index (χ0v) is 20.1. The van der Waals surface area contributed by atoms with Crippen molar-refractivity contribution in [1.29, 1.82) is 0 Å². The predicted octanol–water partition coefficient (Wildman–Crippen LogP) is 5.04. The predicted molar refractivity (Wildman–Crippen MR) is 131 cm³/mol. The van der Waals surface area contributed by atoms with Crippen LogP contribution >= 0.6 is 15.9 Å². The molecule has 1 heterocycles. The minimum atomic E-state index is 0.0682. The minimum absolute atomic E-state index is 0.0682. The largest absolute Gasteiger partial charge is 0.493 e. The third kappa shape index (κ3) is 5.09. The molecule has 0 amide bonds. The van der Waals surface area contributed by atoms with Crippen molar-refractivity contribution in [3.8, 4) is 17.2 Å². The van der Waals surface area contributed by atoms with E-state index in [1.165, 1.54) is 5.56 Å². The van der Waals surface area contributed by atoms with Gasteiger partial charge in [-0.3, -0.25) is 4.90 Å². The molecule has 0 radical (unpaired) electrons. The second kappa shape index (κ2) is 10.9. The molecule has 3 aromatic rings. The molecule has 168 valence electrons. The van der Waals surface area contributed by atoms with E-state index in [0.29, 0.717) is 23.9 Å². The van der Waals surface area contributed by atoms with E-state index in [1.54, 1.807) is 14.2 Å². The van der Waals surface area contributed by atoms with Crippen LogP contribution in [0, 0.1) is 0 Å². The fourth-order valence-electron chi connectivity index (χ4n) is 4.15. The Labute approximate surface area is 198 Å². The highest BCUT2D eigenvalue weighted by Gasteiger charge is 2.28. The van der Waals surface area contributed by atoms with Crippen molar-refractivity contribution in [3.63, 3.8) is 0 Å². The standard InChI is InChI=1S/C26H29BrN2O3/c1-30-23-16-20(17-24(31-2)26(23)32-18-19-8-4-3-5-9-19)25(29-14-12-28-13-15-29)21-10-6-7-11-22(21)27/h3-11,16-17,25,28H,12-15,18H2,1-2H3. The number of ether oxygens (including phenoxy) is 3. The van der Waals surface area contributed by atoms with Gasteiger partial charge < -0.3 is 19.5 Å². The molecule has 0 aromatic heterocycles. The Morgan fingerprint density at radius 3 is 2.16 bits per heavy atom. The summed E-state index contributed by atoms with van der Waals surface area (Å²) in [5.74, 6) is 1.96. The Bertz CT molecular complexity index is 998. The quantitative estimate of drug-likeness (QED) is 0.473. The molecule has 4 rings (SSSR count). The summed E-state index contributed by atoms with van der Waals surface area (Å²) in [5.41, 5.74) is 3.42. The van der Waals surface area contributed by atoms with Crippen LogP contribution in [-0.2, 0) is 6.61 Å². The van der Waals surface area contributed by atoms with Crippen LogP contribution in [0.4, 0.5) is 0 Å². The lowest BCUT2D eigenvalue weighted by Crippen LogP contribution is -2.45. The molecule has 6 heteroatoms. The summed E-state index contributed by atoms with van der Waals surface area (Å²) in [5, 5.41) is 3.45. The van der Waals surface area contributed by atoms with Crippen molar-refractivity contribution in [2.75, 3.05) is 40.4 Å². The van der Waals surface area contributed by atoms with Gasteiger partial charge >= 0.3 is 0 Å². The molecule has 32 heavy (non-hydrogen) atoms. The summed E-state index contributed by atoms with van der Waals surface area (Å²) >= 11 is 3.77. The molecule has 1 unspecified atom stereocenters. The first-order chi connectivity index (χ1) is 15.7. The number of methoxy groups -OCH3 is 2. The van der Waals surface area contributed by atoms with Gasteiger partial charge in [-0.05, 0) is 34.9 Å². The molecule has 1 aliphatic rings. The minimum Gasteiger partial charge on any atom is -0.493 e. The zero-order chi connectivity index (χ0) is 22.3. The van der Waals surface area contributed by atoms with Gasteiger partial charge in [0.1, 0.15) is 6.61 Å². The van der Waals surface area contributed by atoms with E-state index in [1.807, 2.05) is 36.4 Å². The first kappa shape index (κ1) is 22.6. The lowest BCUT2D eigenvalue weighted by Gasteiger charge is -2.36. The van der Waals surface area contributed by atoms with Crippen molar-refractivity contribution in [1.82, 2.24) is 10.2 Å². The van der Waals surface area contributed by atoms with Gasteiger partial charge in [-0.2, -0.15) is 0 Å². The van der Waals surface area contributed by atoms with Gasteiger partial charge in [0.05, 0.1) is 20.3 Å². The molecular weight excluding hydrogens is 468 g/mol. The van der Waals surface area contributed by atoms with E-state index in [4.69, 9.17) is 14.2 Å². The van der Waals surface area contributed by atoms with E-state index in [2.05, 4.69) is 56.5 Å². The Morgan fingerprint density at radius 2 is 1.53 bits per heavy atom. The van der Waals surface area contributed by atoms with Crippen molar-refractivity contribution < 1.29 is 14.2 Å². The average molecular weight is 497 g/mol. The highest BCUT2D eigenvalue weighted by Crippen LogP contribution is 2.43. The molecule has 0 bridgehead atoms. The molecule has 1 aliphatic heterocycles. The van der Waals surface area contributed by atoms with Crippen LogP contribution in [0.1, 0.15) is 22.7 Å². The molecule has 0 aliphatic carbocycles. The second-order valence-electron chi connectivity index (χ2n) is 7.74. The summed E-state index contributed by atoms with van der Waals surface area (Å²) in [6.45, 7) is 4.30. The van der Waals surface area contributed by atoms with Gasteiger partial charge in [-0.25, -0.2) is 0 Å². The number of benzene rings is 3. The van der Waals surface area contributed by atoms with Crippen molar-refractivity contribution >= 4 is 15.9 Å². The second-order valence-corrected chi connectivity index (χ2v) is 8.59. The van der Waals surface area contributed by atoms with Gasteiger partial charge in [0.2, 0.25) is 5.75 Å². The maximum Gasteiger partial charge on any atom is 0.203 e. The average Bonchev–Trinajstić information content (AvgIpc) is 2.85. The van der Waals surface area contributed by atoms with Crippen molar-refractivity contribution in [3.05, 3.63) is 87.9 Å². The SMILES string of the molecule is COc1cc(C(c2ccccc2Br)N2CCNCC2)cc(OC)c1OCc1ccccc1. The number of rotatable bonds is 8. The number of nitrogens with zero attached hydrogens (tertiary/aromatic N) is 1. The third-order valence-corrected chi connectivity index (χ3v) is 6.46. The number of halogens is 1. The van der Waals surface area contributed by atoms with Crippen LogP contribution < -0.4 is 19.5 Å². The Kier molecular flexibility index (Phi) is 7.68. The summed E-state index contributed by atoms with van der Waals surface area (Å²) in [7, 11) is 3.35. The number of nitrogens with one attached hydrogen (secondary N) is 1. The van der Waals surface area contributed by atoms with Crippen LogP contribution in [0.15, 0.2) is 71.2 Å². The summed E-state index contributed by atoms with van der Waals surface area (Å²) in [4.78, 5) is 2.50. The van der Waals surface area contributed by atoms with E-state index in [-0.39, 0.29) is 6.04 Å². The maximum atomic E-state index is 6.16. The fourth-order valence-corrected chi connectivity index (χ4v) is 4.66. The van der Waals surface area contributed by atoms with Crippen LogP contribution in [0.25, 0.3) is 0 Å². The Hall–Kier alpha value is -2.54.